The Balaban J connectivity index is 2.92. The minimum absolute atomic E-state index is 0.00624. The average Bonchev–Trinajstić information content (AvgIpc) is 2.54. The van der Waals surface area contributed by atoms with Gasteiger partial charge in [-0.1, -0.05) is 18.7 Å². The molecule has 0 spiro atoms. The fraction of sp³-hybridized carbons (Fsp3) is 0.529. The first kappa shape index (κ1) is 18.9. The molecule has 0 aliphatic rings. The molecule has 0 radical (unpaired) electrons. The second kappa shape index (κ2) is 9.77. The van der Waals surface area contributed by atoms with E-state index in [9.17, 15) is 0 Å². The summed E-state index contributed by atoms with van der Waals surface area (Å²) in [6, 6.07) is 6.74. The number of benzene rings is 1. The highest BCUT2D eigenvalue weighted by atomic mass is 32.1. The van der Waals surface area contributed by atoms with Gasteiger partial charge in [-0.05, 0) is 38.1 Å². The lowest BCUT2D eigenvalue weighted by molar-refractivity contribution is 0.141. The van der Waals surface area contributed by atoms with Gasteiger partial charge >= 0.3 is 0 Å². The molecule has 22 heavy (non-hydrogen) atoms. The number of hydrogen-bond donors (Lipinski definition) is 4. The van der Waals surface area contributed by atoms with Crippen LogP contribution in [0.5, 0.6) is 0 Å². The van der Waals surface area contributed by atoms with E-state index in [0.29, 0.717) is 6.54 Å². The second-order valence-electron chi connectivity index (χ2n) is 5.23. The van der Waals surface area contributed by atoms with Gasteiger partial charge in [0.1, 0.15) is 0 Å². The van der Waals surface area contributed by atoms with Crippen LogP contribution in [-0.4, -0.2) is 32.6 Å². The summed E-state index contributed by atoms with van der Waals surface area (Å²) >= 11 is 4.41. The molecule has 0 saturated heterocycles. The van der Waals surface area contributed by atoms with Crippen molar-refractivity contribution in [2.24, 2.45) is 0 Å². The van der Waals surface area contributed by atoms with Crippen LogP contribution < -0.4 is 16.0 Å². The van der Waals surface area contributed by atoms with E-state index in [2.05, 4.69) is 60.3 Å². The molecule has 4 nitrogen and oxygen atoms in total. The van der Waals surface area contributed by atoms with Crippen molar-refractivity contribution in [3.8, 4) is 0 Å². The molecule has 0 fully saturated rings. The Bertz CT molecular complexity index is 475. The van der Waals surface area contributed by atoms with E-state index >= 15 is 0 Å². The maximum atomic E-state index is 5.28. The van der Waals surface area contributed by atoms with Crippen molar-refractivity contribution in [3.05, 3.63) is 41.6 Å². The second-order valence-corrected chi connectivity index (χ2v) is 5.59. The fourth-order valence-electron chi connectivity index (χ4n) is 2.20. The Morgan fingerprint density at radius 1 is 1.41 bits per heavy atom. The van der Waals surface area contributed by atoms with E-state index in [1.165, 1.54) is 11.1 Å². The molecule has 1 aromatic carbocycles. The Hall–Kier alpha value is -1.17. The Kier molecular flexibility index (Phi) is 8.38. The van der Waals surface area contributed by atoms with Crippen LogP contribution in [0.4, 0.5) is 5.69 Å². The van der Waals surface area contributed by atoms with E-state index in [1.807, 2.05) is 14.0 Å². The molecule has 0 saturated carbocycles. The third-order valence-electron chi connectivity index (χ3n) is 3.78. The number of methoxy groups -OCH3 is 1. The van der Waals surface area contributed by atoms with Crippen molar-refractivity contribution in [1.29, 1.82) is 0 Å². The summed E-state index contributed by atoms with van der Waals surface area (Å²) in [6.45, 7) is 9.71. The van der Waals surface area contributed by atoms with Gasteiger partial charge in [0.15, 0.2) is 0 Å². The smallest absolute Gasteiger partial charge is 0.0931 e. The summed E-state index contributed by atoms with van der Waals surface area (Å²) in [5.74, 6) is 0.761. The molecule has 0 aliphatic carbocycles. The highest BCUT2D eigenvalue weighted by molar-refractivity contribution is 7.80. The number of anilines is 1. The lowest BCUT2D eigenvalue weighted by Crippen LogP contribution is -2.23. The molecule has 0 bridgehead atoms. The predicted molar refractivity (Wildman–Crippen MR) is 98.7 cm³/mol. The molecule has 124 valence electrons. The first-order chi connectivity index (χ1) is 10.6. The molecular weight excluding hydrogens is 294 g/mol. The molecule has 0 aliphatic heterocycles. The molecule has 2 atom stereocenters. The van der Waals surface area contributed by atoms with Crippen molar-refractivity contribution in [1.82, 2.24) is 10.6 Å². The SMILES string of the molecule is C=C(NCc1cc(C(CS)NC)ccc1NCC)[C@H](C)OC. The van der Waals surface area contributed by atoms with Crippen LogP contribution >= 0.6 is 12.6 Å². The van der Waals surface area contributed by atoms with Gasteiger partial charge < -0.3 is 20.7 Å². The van der Waals surface area contributed by atoms with Gasteiger partial charge in [0.25, 0.3) is 0 Å². The van der Waals surface area contributed by atoms with Crippen LogP contribution in [0, 0.1) is 0 Å². The summed E-state index contributed by atoms with van der Waals surface area (Å²) in [4.78, 5) is 0. The summed E-state index contributed by atoms with van der Waals surface area (Å²) in [6.07, 6.45) is -0.00624. The lowest BCUT2D eigenvalue weighted by atomic mass is 10.0. The standard InChI is InChI=1S/C17H29N3OS/c1-6-19-16-8-7-14(17(11-22)18-4)9-15(16)10-20-12(2)13(3)21-5/h7-9,13,17-20,22H,2,6,10-11H2,1,3-5H3/t13-,17?/m0/s1. The van der Waals surface area contributed by atoms with Gasteiger partial charge in [0.05, 0.1) is 6.10 Å². The van der Waals surface area contributed by atoms with Crippen LogP contribution in [0.15, 0.2) is 30.5 Å². The van der Waals surface area contributed by atoms with E-state index in [-0.39, 0.29) is 12.1 Å². The monoisotopic (exact) mass is 323 g/mol. The van der Waals surface area contributed by atoms with Gasteiger partial charge in [-0.15, -0.1) is 0 Å². The molecule has 0 heterocycles. The lowest BCUT2D eigenvalue weighted by Gasteiger charge is -2.20. The van der Waals surface area contributed by atoms with Crippen LogP contribution in [0.1, 0.15) is 31.0 Å². The normalized spacial score (nSPS) is 13.5. The maximum absolute atomic E-state index is 5.28. The number of thiol groups is 1. The van der Waals surface area contributed by atoms with Crippen LogP contribution in [0.2, 0.25) is 0 Å². The number of rotatable bonds is 10. The van der Waals surface area contributed by atoms with Crippen molar-refractivity contribution < 1.29 is 4.74 Å². The fourth-order valence-corrected chi connectivity index (χ4v) is 2.59. The minimum atomic E-state index is -0.00624. The predicted octanol–water partition coefficient (Wildman–Crippen LogP) is 2.95. The first-order valence-corrected chi connectivity index (χ1v) is 8.30. The van der Waals surface area contributed by atoms with Crippen LogP contribution in [0.25, 0.3) is 0 Å². The Morgan fingerprint density at radius 3 is 2.68 bits per heavy atom. The van der Waals surface area contributed by atoms with Gasteiger partial charge in [-0.2, -0.15) is 12.6 Å². The molecule has 0 aromatic heterocycles. The highest BCUT2D eigenvalue weighted by Gasteiger charge is 2.11. The van der Waals surface area contributed by atoms with Gasteiger partial charge in [0, 0.05) is 43.4 Å². The van der Waals surface area contributed by atoms with E-state index in [1.54, 1.807) is 7.11 Å². The molecular formula is C17H29N3OS. The molecule has 1 rings (SSSR count). The first-order valence-electron chi connectivity index (χ1n) is 7.67. The topological polar surface area (TPSA) is 45.3 Å². The Labute approximate surface area is 140 Å². The third kappa shape index (κ3) is 5.23. The number of nitrogens with one attached hydrogen (secondary N) is 3. The van der Waals surface area contributed by atoms with Gasteiger partial charge in [-0.3, -0.25) is 0 Å². The number of hydrogen-bond acceptors (Lipinski definition) is 5. The van der Waals surface area contributed by atoms with Gasteiger partial charge in [0.2, 0.25) is 0 Å². The van der Waals surface area contributed by atoms with E-state index in [4.69, 9.17) is 4.74 Å². The largest absolute Gasteiger partial charge is 0.385 e. The van der Waals surface area contributed by atoms with Crippen molar-refractivity contribution in [2.75, 3.05) is 31.8 Å². The molecule has 0 amide bonds. The summed E-state index contributed by atoms with van der Waals surface area (Å²) < 4.78 is 5.28. The molecule has 5 heteroatoms. The number of ether oxygens (including phenoxy) is 1. The zero-order chi connectivity index (χ0) is 16.5. The quantitative estimate of drug-likeness (QED) is 0.500. The third-order valence-corrected chi connectivity index (χ3v) is 4.15. The molecule has 1 aromatic rings. The molecule has 1 unspecified atom stereocenters. The van der Waals surface area contributed by atoms with Crippen molar-refractivity contribution in [3.63, 3.8) is 0 Å². The summed E-state index contributed by atoms with van der Waals surface area (Å²) in [7, 11) is 3.64. The van der Waals surface area contributed by atoms with Crippen LogP contribution in [0.3, 0.4) is 0 Å². The van der Waals surface area contributed by atoms with Crippen molar-refractivity contribution in [2.45, 2.75) is 32.5 Å². The maximum Gasteiger partial charge on any atom is 0.0931 e. The van der Waals surface area contributed by atoms with Crippen LogP contribution in [-0.2, 0) is 11.3 Å². The minimum Gasteiger partial charge on any atom is -0.385 e. The Morgan fingerprint density at radius 2 is 2.14 bits per heavy atom. The zero-order valence-corrected chi connectivity index (χ0v) is 15.0. The average molecular weight is 324 g/mol. The molecule has 3 N–H and O–H groups in total. The van der Waals surface area contributed by atoms with Gasteiger partial charge in [-0.25, -0.2) is 0 Å². The van der Waals surface area contributed by atoms with E-state index in [0.717, 1.165) is 23.7 Å². The zero-order valence-electron chi connectivity index (χ0n) is 14.1. The van der Waals surface area contributed by atoms with E-state index < -0.39 is 0 Å². The summed E-state index contributed by atoms with van der Waals surface area (Å²) in [5, 5.41) is 10.0. The van der Waals surface area contributed by atoms with Crippen molar-refractivity contribution >= 4 is 18.3 Å². The highest BCUT2D eigenvalue weighted by Crippen LogP contribution is 2.23. The summed E-state index contributed by atoms with van der Waals surface area (Å²) in [5.41, 5.74) is 4.48.